The van der Waals surface area contributed by atoms with Crippen molar-refractivity contribution >= 4 is 11.8 Å². The molecule has 1 aromatic rings. The lowest BCUT2D eigenvalue weighted by molar-refractivity contribution is -0.130. The van der Waals surface area contributed by atoms with Gasteiger partial charge in [-0.05, 0) is 18.2 Å². The summed E-state index contributed by atoms with van der Waals surface area (Å²) in [5.41, 5.74) is 0.0856. The number of nitrogens with zero attached hydrogens (tertiary/aromatic N) is 1. The second kappa shape index (κ2) is 6.94. The molecule has 1 heterocycles. The monoisotopic (exact) mass is 293 g/mol. The fourth-order valence-corrected chi connectivity index (χ4v) is 2.10. The smallest absolute Gasteiger partial charge is 0.255 e. The molecule has 0 unspecified atom stereocenters. The largest absolute Gasteiger partial charge is 0.507 e. The summed E-state index contributed by atoms with van der Waals surface area (Å²) in [4.78, 5) is 25.6. The van der Waals surface area contributed by atoms with E-state index in [1.54, 1.807) is 11.0 Å². The van der Waals surface area contributed by atoms with Crippen LogP contribution in [-0.4, -0.2) is 61.7 Å². The Morgan fingerprint density at radius 2 is 2.10 bits per heavy atom. The van der Waals surface area contributed by atoms with Crippen molar-refractivity contribution in [3.63, 3.8) is 0 Å². The average Bonchev–Trinajstić information content (AvgIpc) is 2.53. The molecule has 21 heavy (non-hydrogen) atoms. The number of ether oxygens (including phenoxy) is 1. The molecule has 0 bridgehead atoms. The molecule has 1 aliphatic heterocycles. The van der Waals surface area contributed by atoms with Crippen molar-refractivity contribution in [2.45, 2.75) is 0 Å². The number of aromatic hydroxyl groups is 1. The molecule has 3 N–H and O–H groups in total. The van der Waals surface area contributed by atoms with Crippen LogP contribution in [0.1, 0.15) is 10.4 Å². The quantitative estimate of drug-likeness (QED) is 0.700. The number of carbonyl (C=O) groups excluding carboxylic acids is 2. The van der Waals surface area contributed by atoms with Crippen LogP contribution >= 0.6 is 0 Å². The van der Waals surface area contributed by atoms with E-state index in [0.717, 1.165) is 13.1 Å². The summed E-state index contributed by atoms with van der Waals surface area (Å²) in [6.07, 6.45) is 0. The number of benzene rings is 1. The van der Waals surface area contributed by atoms with E-state index in [1.807, 2.05) is 0 Å². The van der Waals surface area contributed by atoms with Gasteiger partial charge in [-0.1, -0.05) is 0 Å². The van der Waals surface area contributed by atoms with Crippen LogP contribution in [0, 0.1) is 0 Å². The summed E-state index contributed by atoms with van der Waals surface area (Å²) >= 11 is 0. The van der Waals surface area contributed by atoms with Gasteiger partial charge in [-0.2, -0.15) is 0 Å². The first-order valence-electron chi connectivity index (χ1n) is 6.75. The molecule has 1 aliphatic rings. The Labute approximate surface area is 122 Å². The number of phenolic OH excluding ortho intramolecular Hbond substituents is 1. The molecule has 7 heteroatoms. The molecule has 0 aromatic heterocycles. The minimum absolute atomic E-state index is 0.0856. The molecule has 1 aromatic carbocycles. The van der Waals surface area contributed by atoms with Crippen LogP contribution in [0.15, 0.2) is 18.2 Å². The van der Waals surface area contributed by atoms with Gasteiger partial charge in [0.05, 0.1) is 19.2 Å². The fraction of sp³-hybridized carbons (Fsp3) is 0.429. The Balaban J connectivity index is 1.93. The molecule has 0 atom stereocenters. The van der Waals surface area contributed by atoms with Gasteiger partial charge in [0.25, 0.3) is 5.91 Å². The van der Waals surface area contributed by atoms with Crippen molar-refractivity contribution in [2.75, 3.05) is 39.8 Å². The van der Waals surface area contributed by atoms with Gasteiger partial charge in [-0.3, -0.25) is 9.59 Å². The SMILES string of the molecule is COc1ccc(O)c(C(=O)NCC(=O)N2CCNCC2)c1. The second-order valence-corrected chi connectivity index (χ2v) is 4.70. The van der Waals surface area contributed by atoms with Gasteiger partial charge >= 0.3 is 0 Å². The van der Waals surface area contributed by atoms with E-state index in [2.05, 4.69) is 10.6 Å². The van der Waals surface area contributed by atoms with Crippen LogP contribution in [0.4, 0.5) is 0 Å². The molecule has 0 radical (unpaired) electrons. The highest BCUT2D eigenvalue weighted by molar-refractivity contribution is 5.99. The summed E-state index contributed by atoms with van der Waals surface area (Å²) < 4.78 is 5.01. The number of nitrogens with one attached hydrogen (secondary N) is 2. The van der Waals surface area contributed by atoms with Crippen LogP contribution in [-0.2, 0) is 4.79 Å². The molecule has 1 fully saturated rings. The highest BCUT2D eigenvalue weighted by Crippen LogP contribution is 2.22. The molecular formula is C14H19N3O4. The normalized spacial score (nSPS) is 14.6. The van der Waals surface area contributed by atoms with Crippen molar-refractivity contribution < 1.29 is 19.4 Å². The predicted octanol–water partition coefficient (Wildman–Crippen LogP) is -0.438. The molecule has 7 nitrogen and oxygen atoms in total. The second-order valence-electron chi connectivity index (χ2n) is 4.70. The number of hydrogen-bond donors (Lipinski definition) is 3. The van der Waals surface area contributed by atoms with E-state index in [-0.39, 0.29) is 23.8 Å². The maximum Gasteiger partial charge on any atom is 0.255 e. The van der Waals surface area contributed by atoms with Crippen molar-refractivity contribution in [3.05, 3.63) is 23.8 Å². The van der Waals surface area contributed by atoms with Crippen LogP contribution in [0.2, 0.25) is 0 Å². The molecule has 2 rings (SSSR count). The molecule has 0 saturated carbocycles. The average molecular weight is 293 g/mol. The minimum Gasteiger partial charge on any atom is -0.507 e. The predicted molar refractivity (Wildman–Crippen MR) is 76.4 cm³/mol. The Morgan fingerprint density at radius 3 is 2.76 bits per heavy atom. The van der Waals surface area contributed by atoms with Gasteiger partial charge in [0.2, 0.25) is 5.91 Å². The zero-order chi connectivity index (χ0) is 15.2. The van der Waals surface area contributed by atoms with E-state index in [9.17, 15) is 14.7 Å². The van der Waals surface area contributed by atoms with Crippen LogP contribution < -0.4 is 15.4 Å². The van der Waals surface area contributed by atoms with E-state index in [1.165, 1.54) is 19.2 Å². The third-order valence-corrected chi connectivity index (χ3v) is 3.32. The fourth-order valence-electron chi connectivity index (χ4n) is 2.10. The number of phenols is 1. The summed E-state index contributed by atoms with van der Waals surface area (Å²) in [5, 5.41) is 15.4. The van der Waals surface area contributed by atoms with Gasteiger partial charge in [0.15, 0.2) is 0 Å². The maximum absolute atomic E-state index is 12.0. The van der Waals surface area contributed by atoms with Gasteiger partial charge in [0, 0.05) is 26.2 Å². The summed E-state index contributed by atoms with van der Waals surface area (Å²) in [5.74, 6) is -0.323. The first-order chi connectivity index (χ1) is 10.1. The lowest BCUT2D eigenvalue weighted by Gasteiger charge is -2.27. The summed E-state index contributed by atoms with van der Waals surface area (Å²) in [6, 6.07) is 4.36. The topological polar surface area (TPSA) is 90.9 Å². The number of carbonyl (C=O) groups is 2. The van der Waals surface area contributed by atoms with E-state index in [0.29, 0.717) is 18.8 Å². The van der Waals surface area contributed by atoms with Crippen LogP contribution in [0.5, 0.6) is 11.5 Å². The molecule has 2 amide bonds. The van der Waals surface area contributed by atoms with Gasteiger partial charge < -0.3 is 25.4 Å². The van der Waals surface area contributed by atoms with Gasteiger partial charge in [-0.25, -0.2) is 0 Å². The van der Waals surface area contributed by atoms with Gasteiger partial charge in [-0.15, -0.1) is 0 Å². The standard InChI is InChI=1S/C14H19N3O4/c1-21-10-2-3-12(18)11(8-10)14(20)16-9-13(19)17-6-4-15-5-7-17/h2-3,8,15,18H,4-7,9H2,1H3,(H,16,20). The number of rotatable bonds is 4. The molecule has 114 valence electrons. The first-order valence-corrected chi connectivity index (χ1v) is 6.75. The van der Waals surface area contributed by atoms with Crippen LogP contribution in [0.3, 0.4) is 0 Å². The molecule has 1 saturated heterocycles. The van der Waals surface area contributed by atoms with Crippen molar-refractivity contribution in [1.29, 1.82) is 0 Å². The third kappa shape index (κ3) is 3.85. The number of methoxy groups -OCH3 is 1. The third-order valence-electron chi connectivity index (χ3n) is 3.32. The van der Waals surface area contributed by atoms with E-state index in [4.69, 9.17) is 4.74 Å². The van der Waals surface area contributed by atoms with Crippen LogP contribution in [0.25, 0.3) is 0 Å². The Bertz CT molecular complexity index is 527. The van der Waals surface area contributed by atoms with Crippen molar-refractivity contribution in [2.24, 2.45) is 0 Å². The summed E-state index contributed by atoms with van der Waals surface area (Å²) in [6.45, 7) is 2.71. The van der Waals surface area contributed by atoms with Crippen molar-refractivity contribution in [1.82, 2.24) is 15.5 Å². The van der Waals surface area contributed by atoms with E-state index >= 15 is 0 Å². The molecular weight excluding hydrogens is 274 g/mol. The zero-order valence-electron chi connectivity index (χ0n) is 11.9. The minimum atomic E-state index is -0.505. The molecule has 0 spiro atoms. The van der Waals surface area contributed by atoms with Gasteiger partial charge in [0.1, 0.15) is 11.5 Å². The zero-order valence-corrected chi connectivity index (χ0v) is 11.9. The van der Waals surface area contributed by atoms with E-state index < -0.39 is 5.91 Å². The number of amides is 2. The number of hydrogen-bond acceptors (Lipinski definition) is 5. The lowest BCUT2D eigenvalue weighted by Crippen LogP contribution is -2.49. The molecule has 0 aliphatic carbocycles. The summed E-state index contributed by atoms with van der Waals surface area (Å²) in [7, 11) is 1.47. The van der Waals surface area contributed by atoms with Crippen molar-refractivity contribution in [3.8, 4) is 11.5 Å². The Hall–Kier alpha value is -2.28. The highest BCUT2D eigenvalue weighted by atomic mass is 16.5. The lowest BCUT2D eigenvalue weighted by atomic mass is 10.1. The number of piperazine rings is 1. The highest BCUT2D eigenvalue weighted by Gasteiger charge is 2.18. The Morgan fingerprint density at radius 1 is 1.38 bits per heavy atom. The first kappa shape index (κ1) is 15.1. The Kier molecular flexibility index (Phi) is 4.99. The maximum atomic E-state index is 12.0.